The zero-order valence-corrected chi connectivity index (χ0v) is 16.2. The molecule has 0 unspecified atom stereocenters. The minimum absolute atomic E-state index is 0.424. The molecule has 0 bridgehead atoms. The van der Waals surface area contributed by atoms with Gasteiger partial charge in [0.05, 0.1) is 13.1 Å². The van der Waals surface area contributed by atoms with E-state index < -0.39 is 5.60 Å². The van der Waals surface area contributed by atoms with Gasteiger partial charge in [-0.3, -0.25) is 4.90 Å². The summed E-state index contributed by atoms with van der Waals surface area (Å²) in [6, 6.07) is 7.79. The first-order valence-electron chi connectivity index (χ1n) is 9.17. The molecule has 2 rings (SSSR count). The highest BCUT2D eigenvalue weighted by Gasteiger charge is 2.30. The normalized spacial score (nSPS) is 12.1. The Morgan fingerprint density at radius 3 is 2.12 bits per heavy atom. The molecule has 0 saturated carbocycles. The van der Waals surface area contributed by atoms with E-state index in [9.17, 15) is 5.11 Å². The maximum Gasteiger partial charge on any atom is 0.136 e. The summed E-state index contributed by atoms with van der Waals surface area (Å²) in [5, 5.41) is 10.8. The third-order valence-corrected chi connectivity index (χ3v) is 4.26. The number of hydrogen-bond donors (Lipinski definition) is 1. The van der Waals surface area contributed by atoms with E-state index in [1.54, 1.807) is 12.2 Å². The average molecular weight is 357 g/mol. The number of aliphatic hydroxyl groups is 1. The van der Waals surface area contributed by atoms with Crippen LogP contribution in [0.4, 0.5) is 0 Å². The number of nitrogens with zero attached hydrogens (tertiary/aromatic N) is 1. The summed E-state index contributed by atoms with van der Waals surface area (Å²) < 4.78 is 11.7. The molecule has 0 atom stereocenters. The second kappa shape index (κ2) is 9.06. The second-order valence-electron chi connectivity index (χ2n) is 7.36. The molecule has 1 N–H and O–H groups in total. The monoisotopic (exact) mass is 357 g/mol. The van der Waals surface area contributed by atoms with E-state index in [4.69, 9.17) is 8.83 Å². The fourth-order valence-corrected chi connectivity index (χ4v) is 3.19. The molecule has 0 fully saturated rings. The third-order valence-electron chi connectivity index (χ3n) is 4.26. The lowest BCUT2D eigenvalue weighted by molar-refractivity contribution is 0.0185. The Morgan fingerprint density at radius 1 is 1.04 bits per heavy atom. The molecule has 0 aliphatic carbocycles. The molecular formula is C22H31NO3. The number of rotatable bonds is 11. The molecule has 0 amide bonds. The SMILES string of the molecule is C=CCC(O)(CC=C)c1ccc(CN(Cc2ccc(C)o2)CC(C)C)o1. The van der Waals surface area contributed by atoms with E-state index in [-0.39, 0.29) is 0 Å². The Kier molecular flexibility index (Phi) is 7.06. The van der Waals surface area contributed by atoms with Gasteiger partial charge in [0.1, 0.15) is 28.6 Å². The highest BCUT2D eigenvalue weighted by Crippen LogP contribution is 2.31. The van der Waals surface area contributed by atoms with Gasteiger partial charge in [-0.1, -0.05) is 26.0 Å². The van der Waals surface area contributed by atoms with Gasteiger partial charge < -0.3 is 13.9 Å². The molecule has 0 aromatic carbocycles. The van der Waals surface area contributed by atoms with Crippen LogP contribution in [0.3, 0.4) is 0 Å². The number of furan rings is 2. The molecule has 2 aromatic rings. The van der Waals surface area contributed by atoms with Crippen LogP contribution in [-0.4, -0.2) is 16.6 Å². The van der Waals surface area contributed by atoms with Crippen LogP contribution >= 0.6 is 0 Å². The van der Waals surface area contributed by atoms with E-state index in [1.807, 2.05) is 31.2 Å². The van der Waals surface area contributed by atoms with Crippen molar-refractivity contribution in [2.45, 2.75) is 52.3 Å². The smallest absolute Gasteiger partial charge is 0.136 e. The van der Waals surface area contributed by atoms with Crippen molar-refractivity contribution in [3.05, 3.63) is 72.6 Å². The molecule has 2 heterocycles. The molecule has 2 aromatic heterocycles. The van der Waals surface area contributed by atoms with Crippen molar-refractivity contribution < 1.29 is 13.9 Å². The lowest BCUT2D eigenvalue weighted by Crippen LogP contribution is -2.27. The molecular weight excluding hydrogens is 326 g/mol. The van der Waals surface area contributed by atoms with Crippen molar-refractivity contribution in [1.29, 1.82) is 0 Å². The molecule has 4 nitrogen and oxygen atoms in total. The standard InChI is InChI=1S/C22H31NO3/c1-6-12-22(24,13-7-2)21-11-10-20(26-21)16-23(14-17(3)4)15-19-9-8-18(5)25-19/h6-11,17,24H,1-2,12-16H2,3-5H3. The second-order valence-corrected chi connectivity index (χ2v) is 7.36. The maximum atomic E-state index is 10.8. The highest BCUT2D eigenvalue weighted by molar-refractivity contribution is 5.17. The molecule has 0 spiro atoms. The van der Waals surface area contributed by atoms with Crippen LogP contribution < -0.4 is 0 Å². The van der Waals surface area contributed by atoms with Gasteiger partial charge in [-0.2, -0.15) is 0 Å². The summed E-state index contributed by atoms with van der Waals surface area (Å²) >= 11 is 0. The molecule has 4 heteroatoms. The summed E-state index contributed by atoms with van der Waals surface area (Å²) in [4.78, 5) is 2.30. The van der Waals surface area contributed by atoms with Gasteiger partial charge in [0.2, 0.25) is 0 Å². The minimum atomic E-state index is -1.08. The fraction of sp³-hybridized carbons (Fsp3) is 0.455. The van der Waals surface area contributed by atoms with Crippen molar-refractivity contribution >= 4 is 0 Å². The van der Waals surface area contributed by atoms with Crippen molar-refractivity contribution in [2.24, 2.45) is 5.92 Å². The van der Waals surface area contributed by atoms with Gasteiger partial charge in [-0.25, -0.2) is 0 Å². The van der Waals surface area contributed by atoms with Crippen molar-refractivity contribution in [3.8, 4) is 0 Å². The van der Waals surface area contributed by atoms with Crippen LogP contribution in [0.1, 0.15) is 49.7 Å². The summed E-state index contributed by atoms with van der Waals surface area (Å²) in [7, 11) is 0. The van der Waals surface area contributed by atoms with E-state index in [1.165, 1.54) is 0 Å². The Bertz CT molecular complexity index is 701. The first-order valence-corrected chi connectivity index (χ1v) is 9.17. The van der Waals surface area contributed by atoms with E-state index in [0.717, 1.165) is 30.4 Å². The maximum absolute atomic E-state index is 10.8. The van der Waals surface area contributed by atoms with Gasteiger partial charge in [0.25, 0.3) is 0 Å². The van der Waals surface area contributed by atoms with Crippen LogP contribution in [-0.2, 0) is 18.7 Å². The topological polar surface area (TPSA) is 49.8 Å². The fourth-order valence-electron chi connectivity index (χ4n) is 3.19. The lowest BCUT2D eigenvalue weighted by atomic mass is 9.93. The summed E-state index contributed by atoms with van der Waals surface area (Å²) in [5.41, 5.74) is -1.08. The van der Waals surface area contributed by atoms with Gasteiger partial charge >= 0.3 is 0 Å². The quantitative estimate of drug-likeness (QED) is 0.563. The van der Waals surface area contributed by atoms with Crippen LogP contribution in [0.15, 0.2) is 58.4 Å². The van der Waals surface area contributed by atoms with Crippen molar-refractivity contribution in [2.75, 3.05) is 6.54 Å². The zero-order valence-electron chi connectivity index (χ0n) is 16.2. The average Bonchev–Trinajstić information content (AvgIpc) is 3.17. The van der Waals surface area contributed by atoms with Crippen LogP contribution in [0.2, 0.25) is 0 Å². The molecule has 0 aliphatic rings. The van der Waals surface area contributed by atoms with Gasteiger partial charge in [-0.15, -0.1) is 13.2 Å². The molecule has 142 valence electrons. The van der Waals surface area contributed by atoms with Gasteiger partial charge in [-0.05, 0) is 37.1 Å². The summed E-state index contributed by atoms with van der Waals surface area (Å²) in [6.07, 6.45) is 4.26. The Morgan fingerprint density at radius 2 is 1.62 bits per heavy atom. The van der Waals surface area contributed by atoms with Crippen LogP contribution in [0.25, 0.3) is 0 Å². The molecule has 26 heavy (non-hydrogen) atoms. The van der Waals surface area contributed by atoms with E-state index in [0.29, 0.717) is 31.1 Å². The van der Waals surface area contributed by atoms with Gasteiger partial charge in [0, 0.05) is 19.4 Å². The minimum Gasteiger partial charge on any atom is -0.465 e. The Labute approximate surface area is 156 Å². The highest BCUT2D eigenvalue weighted by atomic mass is 16.4. The largest absolute Gasteiger partial charge is 0.465 e. The Hall–Kier alpha value is -2.04. The zero-order chi connectivity index (χ0) is 19.2. The van der Waals surface area contributed by atoms with Crippen LogP contribution in [0.5, 0.6) is 0 Å². The number of hydrogen-bond acceptors (Lipinski definition) is 4. The molecule has 0 saturated heterocycles. The summed E-state index contributed by atoms with van der Waals surface area (Å²) in [5.74, 6) is 3.79. The van der Waals surface area contributed by atoms with E-state index in [2.05, 4.69) is 31.9 Å². The van der Waals surface area contributed by atoms with Crippen LogP contribution in [0, 0.1) is 12.8 Å². The lowest BCUT2D eigenvalue weighted by Gasteiger charge is -2.24. The molecule has 0 radical (unpaired) electrons. The first-order chi connectivity index (χ1) is 12.4. The third kappa shape index (κ3) is 5.48. The van der Waals surface area contributed by atoms with Crippen molar-refractivity contribution in [3.63, 3.8) is 0 Å². The molecule has 0 aliphatic heterocycles. The Balaban J connectivity index is 2.14. The first kappa shape index (κ1) is 20.3. The van der Waals surface area contributed by atoms with Crippen molar-refractivity contribution in [1.82, 2.24) is 4.90 Å². The van der Waals surface area contributed by atoms with Gasteiger partial charge in [0.15, 0.2) is 0 Å². The predicted molar refractivity (Wildman–Crippen MR) is 105 cm³/mol. The predicted octanol–water partition coefficient (Wildman–Crippen LogP) is 5.18. The summed E-state index contributed by atoms with van der Waals surface area (Å²) in [6.45, 7) is 16.1. The van der Waals surface area contributed by atoms with E-state index >= 15 is 0 Å². The number of aryl methyl sites for hydroxylation is 1.